The molecule has 1 heterocycles. The van der Waals surface area contributed by atoms with E-state index in [1.807, 2.05) is 0 Å². The van der Waals surface area contributed by atoms with Gasteiger partial charge in [-0.2, -0.15) is 0 Å². The number of rotatable bonds is 14. The van der Waals surface area contributed by atoms with Gasteiger partial charge in [0.15, 0.2) is 0 Å². The normalized spacial score (nSPS) is 17.6. The van der Waals surface area contributed by atoms with Gasteiger partial charge in [0.2, 0.25) is 0 Å². The van der Waals surface area contributed by atoms with E-state index in [0.717, 1.165) is 32.1 Å². The van der Waals surface area contributed by atoms with E-state index in [1.165, 1.54) is 30.6 Å². The number of carboxylic acids is 1. The van der Waals surface area contributed by atoms with Crippen LogP contribution >= 0.6 is 0 Å². The van der Waals surface area contributed by atoms with Crippen LogP contribution in [0.4, 0.5) is 4.79 Å². The SMILES string of the molecule is CCCCCCCCN1C(=O)N(C)C(=O)C1CCCCCCC(=O)O. The molecule has 0 aromatic rings. The van der Waals surface area contributed by atoms with E-state index in [2.05, 4.69) is 6.92 Å². The maximum atomic E-state index is 12.3. The van der Waals surface area contributed by atoms with Gasteiger partial charge in [-0.1, -0.05) is 58.3 Å². The molecule has 1 saturated heterocycles. The van der Waals surface area contributed by atoms with Gasteiger partial charge in [-0.05, 0) is 19.3 Å². The summed E-state index contributed by atoms with van der Waals surface area (Å²) in [6.07, 6.45) is 11.1. The topological polar surface area (TPSA) is 77.9 Å². The Balaban J connectivity index is 2.33. The molecule has 1 aliphatic rings. The van der Waals surface area contributed by atoms with Crippen molar-refractivity contribution in [3.05, 3.63) is 0 Å². The summed E-state index contributed by atoms with van der Waals surface area (Å²) in [5.41, 5.74) is 0. The quantitative estimate of drug-likeness (QED) is 0.377. The van der Waals surface area contributed by atoms with Crippen molar-refractivity contribution in [3.63, 3.8) is 0 Å². The second kappa shape index (κ2) is 11.9. The molecule has 1 aliphatic heterocycles. The molecule has 0 spiro atoms. The van der Waals surface area contributed by atoms with Crippen molar-refractivity contribution in [2.75, 3.05) is 13.6 Å². The Morgan fingerprint density at radius 2 is 1.56 bits per heavy atom. The molecule has 0 aliphatic carbocycles. The summed E-state index contributed by atoms with van der Waals surface area (Å²) in [7, 11) is 1.56. The number of carboxylic acid groups (broad SMARTS) is 1. The Morgan fingerprint density at radius 1 is 0.960 bits per heavy atom. The molecule has 1 rings (SSSR count). The third-order valence-corrected chi connectivity index (χ3v) is 4.90. The Hall–Kier alpha value is -1.59. The Morgan fingerprint density at radius 3 is 2.24 bits per heavy atom. The van der Waals surface area contributed by atoms with Crippen molar-refractivity contribution < 1.29 is 19.5 Å². The van der Waals surface area contributed by atoms with Crippen LogP contribution in [-0.4, -0.2) is 52.4 Å². The fraction of sp³-hybridized carbons (Fsp3) is 0.842. The lowest BCUT2D eigenvalue weighted by atomic mass is 10.0. The number of amides is 3. The summed E-state index contributed by atoms with van der Waals surface area (Å²) in [5.74, 6) is -0.857. The van der Waals surface area contributed by atoms with Crippen molar-refractivity contribution in [3.8, 4) is 0 Å². The van der Waals surface area contributed by atoms with Gasteiger partial charge in [-0.3, -0.25) is 14.5 Å². The molecule has 0 saturated carbocycles. The number of aliphatic carboxylic acids is 1. The molecule has 3 amide bonds. The van der Waals surface area contributed by atoms with Crippen LogP contribution in [0.3, 0.4) is 0 Å². The Bertz CT molecular complexity index is 439. The van der Waals surface area contributed by atoms with Gasteiger partial charge >= 0.3 is 12.0 Å². The second-order valence-corrected chi connectivity index (χ2v) is 7.00. The fourth-order valence-electron chi connectivity index (χ4n) is 3.34. The summed E-state index contributed by atoms with van der Waals surface area (Å²) in [6.45, 7) is 2.85. The minimum absolute atomic E-state index is 0.0958. The minimum atomic E-state index is -0.761. The summed E-state index contributed by atoms with van der Waals surface area (Å²) in [5, 5.41) is 8.63. The van der Waals surface area contributed by atoms with Crippen LogP contribution in [0.15, 0.2) is 0 Å². The number of hydrogen-bond acceptors (Lipinski definition) is 3. The van der Waals surface area contributed by atoms with Gasteiger partial charge in [0.05, 0.1) is 0 Å². The average Bonchev–Trinajstić information content (AvgIpc) is 2.78. The predicted molar refractivity (Wildman–Crippen MR) is 97.4 cm³/mol. The number of imide groups is 1. The van der Waals surface area contributed by atoms with E-state index < -0.39 is 5.97 Å². The zero-order valence-corrected chi connectivity index (χ0v) is 15.8. The van der Waals surface area contributed by atoms with Crippen molar-refractivity contribution in [2.45, 2.75) is 90.0 Å². The van der Waals surface area contributed by atoms with Gasteiger partial charge in [-0.25, -0.2) is 4.79 Å². The average molecular weight is 354 g/mol. The Kier molecular flexibility index (Phi) is 10.2. The lowest BCUT2D eigenvalue weighted by Crippen LogP contribution is -2.35. The van der Waals surface area contributed by atoms with Crippen molar-refractivity contribution in [1.29, 1.82) is 0 Å². The largest absolute Gasteiger partial charge is 0.481 e. The zero-order valence-electron chi connectivity index (χ0n) is 15.8. The first-order chi connectivity index (χ1) is 12.0. The van der Waals surface area contributed by atoms with Crippen LogP contribution in [-0.2, 0) is 9.59 Å². The van der Waals surface area contributed by atoms with Crippen molar-refractivity contribution in [1.82, 2.24) is 9.80 Å². The minimum Gasteiger partial charge on any atom is -0.481 e. The van der Waals surface area contributed by atoms with E-state index in [-0.39, 0.29) is 24.4 Å². The highest BCUT2D eigenvalue weighted by atomic mass is 16.4. The maximum Gasteiger partial charge on any atom is 0.327 e. The third kappa shape index (κ3) is 7.45. The molecule has 0 bridgehead atoms. The van der Waals surface area contributed by atoms with Gasteiger partial charge in [0.1, 0.15) is 6.04 Å². The first-order valence-corrected chi connectivity index (χ1v) is 9.79. The highest BCUT2D eigenvalue weighted by molar-refractivity contribution is 6.03. The van der Waals surface area contributed by atoms with E-state index in [0.29, 0.717) is 19.4 Å². The predicted octanol–water partition coefficient (Wildman–Crippen LogP) is 4.03. The highest BCUT2D eigenvalue weighted by Crippen LogP contribution is 2.22. The van der Waals surface area contributed by atoms with Crippen LogP contribution < -0.4 is 0 Å². The summed E-state index contributed by atoms with van der Waals surface area (Å²) in [6, 6.07) is -0.498. The molecule has 144 valence electrons. The van der Waals surface area contributed by atoms with Crippen LogP contribution in [0, 0.1) is 0 Å². The van der Waals surface area contributed by atoms with Crippen LogP contribution in [0.2, 0.25) is 0 Å². The Labute approximate surface area is 151 Å². The summed E-state index contributed by atoms with van der Waals surface area (Å²) >= 11 is 0. The number of nitrogens with zero attached hydrogens (tertiary/aromatic N) is 2. The molecular formula is C19H34N2O4. The second-order valence-electron chi connectivity index (χ2n) is 7.00. The third-order valence-electron chi connectivity index (χ3n) is 4.90. The molecule has 6 heteroatoms. The number of urea groups is 1. The first kappa shape index (κ1) is 21.5. The smallest absolute Gasteiger partial charge is 0.327 e. The van der Waals surface area contributed by atoms with Gasteiger partial charge in [-0.15, -0.1) is 0 Å². The van der Waals surface area contributed by atoms with E-state index in [4.69, 9.17) is 5.11 Å². The van der Waals surface area contributed by atoms with Gasteiger partial charge in [0.25, 0.3) is 5.91 Å². The molecular weight excluding hydrogens is 320 g/mol. The van der Waals surface area contributed by atoms with E-state index in [9.17, 15) is 14.4 Å². The number of likely N-dealkylation sites (N-methyl/N-ethyl adjacent to an activating group) is 1. The monoisotopic (exact) mass is 354 g/mol. The molecule has 0 aromatic carbocycles. The number of carbonyl (C=O) groups is 3. The van der Waals surface area contributed by atoms with Crippen LogP contribution in [0.25, 0.3) is 0 Å². The standard InChI is InChI=1S/C19H34N2O4/c1-3-4-5-6-9-12-15-21-16(18(24)20(2)19(21)25)13-10-7-8-11-14-17(22)23/h16H,3-15H2,1-2H3,(H,22,23). The number of unbranched alkanes of at least 4 members (excludes halogenated alkanes) is 8. The molecule has 1 atom stereocenters. The first-order valence-electron chi connectivity index (χ1n) is 9.79. The fourth-order valence-corrected chi connectivity index (χ4v) is 3.34. The van der Waals surface area contributed by atoms with E-state index in [1.54, 1.807) is 11.9 Å². The molecule has 1 N–H and O–H groups in total. The lowest BCUT2D eigenvalue weighted by Gasteiger charge is -2.21. The van der Waals surface area contributed by atoms with Crippen LogP contribution in [0.5, 0.6) is 0 Å². The van der Waals surface area contributed by atoms with Crippen molar-refractivity contribution >= 4 is 17.9 Å². The summed E-state index contributed by atoms with van der Waals surface area (Å²) in [4.78, 5) is 38.0. The number of hydrogen-bond donors (Lipinski definition) is 1. The van der Waals surface area contributed by atoms with Crippen LogP contribution in [0.1, 0.15) is 84.0 Å². The van der Waals surface area contributed by atoms with Gasteiger partial charge in [0, 0.05) is 20.0 Å². The van der Waals surface area contributed by atoms with Crippen molar-refractivity contribution in [2.24, 2.45) is 0 Å². The lowest BCUT2D eigenvalue weighted by molar-refractivity contribution is -0.137. The van der Waals surface area contributed by atoms with Gasteiger partial charge < -0.3 is 10.0 Å². The molecule has 1 unspecified atom stereocenters. The molecule has 1 fully saturated rings. The maximum absolute atomic E-state index is 12.3. The summed E-state index contributed by atoms with van der Waals surface area (Å²) < 4.78 is 0. The molecule has 6 nitrogen and oxygen atoms in total. The molecule has 0 aromatic heterocycles. The molecule has 0 radical (unpaired) electrons. The number of carbonyl (C=O) groups excluding carboxylic acids is 2. The highest BCUT2D eigenvalue weighted by Gasteiger charge is 2.41. The zero-order chi connectivity index (χ0) is 18.7. The molecule has 25 heavy (non-hydrogen) atoms. The van der Waals surface area contributed by atoms with E-state index >= 15 is 0 Å².